The van der Waals surface area contributed by atoms with E-state index in [2.05, 4.69) is 93.7 Å². The van der Waals surface area contributed by atoms with Crippen molar-refractivity contribution < 1.29 is 28.6 Å². The molecule has 1 unspecified atom stereocenters. The molecule has 0 N–H and O–H groups in total. The van der Waals surface area contributed by atoms with Crippen LogP contribution in [0.15, 0.2) is 72.9 Å². The molecule has 0 fully saturated rings. The van der Waals surface area contributed by atoms with E-state index in [1.165, 1.54) is 116 Å². The van der Waals surface area contributed by atoms with Gasteiger partial charge in [-0.15, -0.1) is 0 Å². The quantitative estimate of drug-likeness (QED) is 0.0199. The van der Waals surface area contributed by atoms with Gasteiger partial charge in [-0.3, -0.25) is 14.4 Å². The lowest BCUT2D eigenvalue weighted by atomic mass is 10.1. The average molecular weight is 893 g/mol. The zero-order valence-electron chi connectivity index (χ0n) is 42.0. The first-order chi connectivity index (χ1) is 31.5. The van der Waals surface area contributed by atoms with Gasteiger partial charge in [-0.25, -0.2) is 0 Å². The highest BCUT2D eigenvalue weighted by Gasteiger charge is 2.19. The van der Waals surface area contributed by atoms with Gasteiger partial charge in [-0.1, -0.05) is 209 Å². The molecule has 0 spiro atoms. The Kier molecular flexibility index (Phi) is 49.9. The monoisotopic (exact) mass is 893 g/mol. The summed E-state index contributed by atoms with van der Waals surface area (Å²) in [6.45, 7) is 6.46. The first kappa shape index (κ1) is 60.9. The molecule has 0 aliphatic rings. The van der Waals surface area contributed by atoms with E-state index in [-0.39, 0.29) is 31.1 Å². The van der Waals surface area contributed by atoms with E-state index < -0.39 is 6.10 Å². The van der Waals surface area contributed by atoms with Gasteiger partial charge in [0.05, 0.1) is 0 Å². The lowest BCUT2D eigenvalue weighted by molar-refractivity contribution is -0.167. The zero-order chi connectivity index (χ0) is 46.5. The maximum Gasteiger partial charge on any atom is 0.306 e. The normalized spacial score (nSPS) is 12.6. The number of hydrogen-bond donors (Lipinski definition) is 0. The van der Waals surface area contributed by atoms with Crippen LogP contribution in [0.3, 0.4) is 0 Å². The van der Waals surface area contributed by atoms with Gasteiger partial charge in [-0.2, -0.15) is 0 Å². The average Bonchev–Trinajstić information content (AvgIpc) is 3.29. The molecule has 0 aromatic rings. The van der Waals surface area contributed by atoms with Crippen molar-refractivity contribution in [3.05, 3.63) is 72.9 Å². The van der Waals surface area contributed by atoms with Crippen LogP contribution in [0, 0.1) is 0 Å². The molecular weight excluding hydrogens is 793 g/mol. The number of allylic oxidation sites excluding steroid dienone is 12. The Morgan fingerprint density at radius 3 is 1.11 bits per heavy atom. The number of carbonyl (C=O) groups is 3. The van der Waals surface area contributed by atoms with Crippen molar-refractivity contribution in [1.29, 1.82) is 0 Å². The van der Waals surface area contributed by atoms with Crippen LogP contribution in [-0.4, -0.2) is 37.2 Å². The van der Waals surface area contributed by atoms with Gasteiger partial charge >= 0.3 is 17.9 Å². The lowest BCUT2D eigenvalue weighted by Gasteiger charge is -2.18. The summed E-state index contributed by atoms with van der Waals surface area (Å²) < 4.78 is 16.8. The van der Waals surface area contributed by atoms with E-state index >= 15 is 0 Å². The molecule has 0 aliphatic carbocycles. The lowest BCUT2D eigenvalue weighted by Crippen LogP contribution is -2.30. The number of rotatable bonds is 48. The molecule has 0 rings (SSSR count). The van der Waals surface area contributed by atoms with Gasteiger partial charge in [0.25, 0.3) is 0 Å². The van der Waals surface area contributed by atoms with Gasteiger partial charge in [0.1, 0.15) is 13.2 Å². The molecule has 0 saturated carbocycles. The van der Waals surface area contributed by atoms with Gasteiger partial charge in [0.2, 0.25) is 0 Å². The summed E-state index contributed by atoms with van der Waals surface area (Å²) in [6, 6.07) is 0. The van der Waals surface area contributed by atoms with E-state index in [0.717, 1.165) is 103 Å². The molecule has 0 amide bonds. The smallest absolute Gasteiger partial charge is 0.306 e. The second-order valence-electron chi connectivity index (χ2n) is 17.8. The minimum atomic E-state index is -0.794. The van der Waals surface area contributed by atoms with Crippen LogP contribution >= 0.6 is 0 Å². The SMILES string of the molecule is CC/C=C\C/C=C\C/C=C\CCCCCCC(=O)OC(COC(=O)CCCCC/C=C\CCCCCCCC)COC(=O)CCCCCCCCCCCC/C=C\C=C/CCCCC. The van der Waals surface area contributed by atoms with Gasteiger partial charge in [0.15, 0.2) is 6.10 Å². The molecule has 6 heteroatoms. The van der Waals surface area contributed by atoms with E-state index in [1.54, 1.807) is 0 Å². The Morgan fingerprint density at radius 2 is 0.656 bits per heavy atom. The van der Waals surface area contributed by atoms with Crippen LogP contribution in [0.2, 0.25) is 0 Å². The number of carbonyl (C=O) groups excluding carboxylic acids is 3. The number of esters is 3. The molecule has 0 radical (unpaired) electrons. The molecule has 64 heavy (non-hydrogen) atoms. The van der Waals surface area contributed by atoms with Crippen LogP contribution in [0.1, 0.15) is 258 Å². The fraction of sp³-hybridized carbons (Fsp3) is 0.741. The number of hydrogen-bond acceptors (Lipinski definition) is 6. The summed E-state index contributed by atoms with van der Waals surface area (Å²) in [6.07, 6.45) is 66.0. The van der Waals surface area contributed by atoms with Gasteiger partial charge in [0, 0.05) is 19.3 Å². The minimum absolute atomic E-state index is 0.0909. The van der Waals surface area contributed by atoms with Crippen LogP contribution in [-0.2, 0) is 28.6 Å². The highest BCUT2D eigenvalue weighted by atomic mass is 16.6. The van der Waals surface area contributed by atoms with Crippen LogP contribution in [0.5, 0.6) is 0 Å². The van der Waals surface area contributed by atoms with E-state index in [1.807, 2.05) is 0 Å². The molecule has 0 heterocycles. The summed E-state index contributed by atoms with van der Waals surface area (Å²) >= 11 is 0. The zero-order valence-corrected chi connectivity index (χ0v) is 42.0. The van der Waals surface area contributed by atoms with Crippen LogP contribution in [0.25, 0.3) is 0 Å². The molecule has 1 atom stereocenters. The first-order valence-electron chi connectivity index (χ1n) is 27.0. The predicted molar refractivity (Wildman–Crippen MR) is 274 cm³/mol. The molecule has 0 aliphatic heterocycles. The predicted octanol–water partition coefficient (Wildman–Crippen LogP) is 17.8. The highest BCUT2D eigenvalue weighted by molar-refractivity contribution is 5.71. The minimum Gasteiger partial charge on any atom is -0.462 e. The second-order valence-corrected chi connectivity index (χ2v) is 17.8. The Hall–Kier alpha value is -3.15. The van der Waals surface area contributed by atoms with E-state index in [4.69, 9.17) is 14.2 Å². The standard InChI is InChI=1S/C58H100O6/c1-4-7-10-13-16-19-22-25-27-28-29-30-31-34-36-39-42-45-48-51-57(60)63-54-55(53-62-56(59)50-47-44-41-38-35-32-24-21-18-15-12-9-6-3)64-58(61)52-49-46-43-40-37-33-26-23-20-17-14-11-8-5-2/h8,11,16-17,19-20,22,25-26,32-33,35,55H,4-7,9-10,12-15,18,21,23-24,27-31,34,36-54H2,1-3H3/b11-8-,19-16-,20-17-,25-22-,33-26-,35-32-. The molecule has 368 valence electrons. The maximum absolute atomic E-state index is 12.8. The fourth-order valence-corrected chi connectivity index (χ4v) is 7.38. The molecular formula is C58H100O6. The van der Waals surface area contributed by atoms with Crippen LogP contribution in [0.4, 0.5) is 0 Å². The topological polar surface area (TPSA) is 78.9 Å². The van der Waals surface area contributed by atoms with Crippen molar-refractivity contribution in [3.63, 3.8) is 0 Å². The molecule has 0 saturated heterocycles. The van der Waals surface area contributed by atoms with E-state index in [9.17, 15) is 14.4 Å². The molecule has 0 bridgehead atoms. The Morgan fingerprint density at radius 1 is 0.344 bits per heavy atom. The van der Waals surface area contributed by atoms with Gasteiger partial charge < -0.3 is 14.2 Å². The Labute approximate surface area is 395 Å². The van der Waals surface area contributed by atoms with Crippen LogP contribution < -0.4 is 0 Å². The molecule has 6 nitrogen and oxygen atoms in total. The molecule has 0 aromatic carbocycles. The Balaban J connectivity index is 4.40. The summed E-state index contributed by atoms with van der Waals surface area (Å²) in [5, 5.41) is 0. The van der Waals surface area contributed by atoms with Crippen molar-refractivity contribution in [1.82, 2.24) is 0 Å². The largest absolute Gasteiger partial charge is 0.462 e. The number of unbranched alkanes of at least 4 members (excludes halogenated alkanes) is 26. The van der Waals surface area contributed by atoms with Crippen molar-refractivity contribution in [2.75, 3.05) is 13.2 Å². The summed E-state index contributed by atoms with van der Waals surface area (Å²) in [5.41, 5.74) is 0. The van der Waals surface area contributed by atoms with Crippen molar-refractivity contribution in [2.24, 2.45) is 0 Å². The first-order valence-corrected chi connectivity index (χ1v) is 27.0. The summed E-state index contributed by atoms with van der Waals surface area (Å²) in [7, 11) is 0. The highest BCUT2D eigenvalue weighted by Crippen LogP contribution is 2.14. The third-order valence-corrected chi connectivity index (χ3v) is 11.4. The third-order valence-electron chi connectivity index (χ3n) is 11.4. The summed E-state index contributed by atoms with van der Waals surface area (Å²) in [4.78, 5) is 38.0. The van der Waals surface area contributed by atoms with E-state index in [0.29, 0.717) is 19.3 Å². The fourth-order valence-electron chi connectivity index (χ4n) is 7.38. The summed E-state index contributed by atoms with van der Waals surface area (Å²) in [5.74, 6) is -0.930. The van der Waals surface area contributed by atoms with Crippen molar-refractivity contribution in [2.45, 2.75) is 264 Å². The van der Waals surface area contributed by atoms with Crippen molar-refractivity contribution in [3.8, 4) is 0 Å². The Bertz CT molecular complexity index is 1210. The second kappa shape index (κ2) is 52.5. The third kappa shape index (κ3) is 49.9. The number of ether oxygens (including phenoxy) is 3. The maximum atomic E-state index is 12.8. The van der Waals surface area contributed by atoms with Crippen molar-refractivity contribution >= 4 is 17.9 Å². The van der Waals surface area contributed by atoms with Gasteiger partial charge in [-0.05, 0) is 103 Å². The molecule has 0 aromatic heterocycles.